The second-order valence-electron chi connectivity index (χ2n) is 4.68. The zero-order valence-electron chi connectivity index (χ0n) is 10.6. The summed E-state index contributed by atoms with van der Waals surface area (Å²) >= 11 is 0. The summed E-state index contributed by atoms with van der Waals surface area (Å²) in [6, 6.07) is 8.19. The van der Waals surface area contributed by atoms with Gasteiger partial charge >= 0.3 is 6.09 Å². The summed E-state index contributed by atoms with van der Waals surface area (Å²) < 4.78 is 5.07. The molecule has 1 N–H and O–H groups in total. The van der Waals surface area contributed by atoms with E-state index in [1.165, 1.54) is 5.56 Å². The second kappa shape index (κ2) is 5.87. The average Bonchev–Trinajstić information content (AvgIpc) is 2.36. The van der Waals surface area contributed by atoms with Crippen LogP contribution in [0, 0.1) is 6.92 Å². The van der Waals surface area contributed by atoms with Gasteiger partial charge in [-0.15, -0.1) is 0 Å². The van der Waals surface area contributed by atoms with Crippen LogP contribution in [0.15, 0.2) is 24.3 Å². The number of hydrogen-bond acceptors (Lipinski definition) is 3. The first-order valence-corrected chi connectivity index (χ1v) is 6.30. The minimum Gasteiger partial charge on any atom is -0.449 e. The van der Waals surface area contributed by atoms with E-state index in [1.54, 1.807) is 4.90 Å². The van der Waals surface area contributed by atoms with E-state index in [0.29, 0.717) is 19.6 Å². The molecule has 98 valence electrons. The molecule has 1 aliphatic heterocycles. The summed E-state index contributed by atoms with van der Waals surface area (Å²) in [6.45, 7) is 3.13. The number of cyclic esters (lactones) is 1. The minimum absolute atomic E-state index is 0.0811. The van der Waals surface area contributed by atoms with Gasteiger partial charge in [-0.3, -0.25) is 0 Å². The summed E-state index contributed by atoms with van der Waals surface area (Å²) in [6.07, 6.45) is 1.12. The van der Waals surface area contributed by atoms with Crippen LogP contribution in [0.3, 0.4) is 0 Å². The fourth-order valence-corrected chi connectivity index (χ4v) is 2.20. The van der Waals surface area contributed by atoms with Gasteiger partial charge in [0.1, 0.15) is 0 Å². The van der Waals surface area contributed by atoms with Crippen molar-refractivity contribution in [2.75, 3.05) is 13.2 Å². The monoisotopic (exact) mass is 249 g/mol. The van der Waals surface area contributed by atoms with E-state index in [0.717, 1.165) is 12.0 Å². The Morgan fingerprint density at radius 1 is 1.39 bits per heavy atom. The topological polar surface area (TPSA) is 49.8 Å². The lowest BCUT2D eigenvalue weighted by Crippen LogP contribution is -2.45. The molecule has 0 radical (unpaired) electrons. The quantitative estimate of drug-likeness (QED) is 0.889. The highest BCUT2D eigenvalue weighted by molar-refractivity contribution is 5.68. The number of amides is 1. The molecule has 1 unspecified atom stereocenters. The second-order valence-corrected chi connectivity index (χ2v) is 4.68. The number of hydrogen-bond donors (Lipinski definition) is 1. The average molecular weight is 249 g/mol. The highest BCUT2D eigenvalue weighted by Crippen LogP contribution is 2.19. The Labute approximate surface area is 107 Å². The molecule has 1 amide bonds. The number of carbonyl (C=O) groups is 1. The molecule has 4 nitrogen and oxygen atoms in total. The van der Waals surface area contributed by atoms with Crippen molar-refractivity contribution in [3.8, 4) is 0 Å². The smallest absolute Gasteiger partial charge is 0.410 e. The van der Waals surface area contributed by atoms with Gasteiger partial charge in [0.05, 0.1) is 6.61 Å². The van der Waals surface area contributed by atoms with Crippen LogP contribution in [0.5, 0.6) is 0 Å². The first kappa shape index (κ1) is 12.9. The number of aliphatic hydroxyl groups excluding tert-OH is 1. The van der Waals surface area contributed by atoms with Crippen LogP contribution in [0.1, 0.15) is 24.0 Å². The van der Waals surface area contributed by atoms with Crippen LogP contribution in [-0.2, 0) is 11.3 Å². The molecule has 0 aromatic heterocycles. The summed E-state index contributed by atoms with van der Waals surface area (Å²) in [7, 11) is 0. The minimum atomic E-state index is -0.278. The summed E-state index contributed by atoms with van der Waals surface area (Å²) in [5.41, 5.74) is 2.29. The molecule has 2 rings (SSSR count). The van der Waals surface area contributed by atoms with Gasteiger partial charge in [-0.05, 0) is 18.9 Å². The maximum Gasteiger partial charge on any atom is 0.410 e. The molecule has 1 aromatic rings. The number of benzene rings is 1. The van der Waals surface area contributed by atoms with Crippen molar-refractivity contribution in [2.45, 2.75) is 32.4 Å². The molecule has 1 aliphatic rings. The summed E-state index contributed by atoms with van der Waals surface area (Å²) in [4.78, 5) is 13.5. The first-order chi connectivity index (χ1) is 8.70. The number of ether oxygens (including phenoxy) is 1. The van der Waals surface area contributed by atoms with Crippen LogP contribution in [0.4, 0.5) is 4.79 Å². The van der Waals surface area contributed by atoms with E-state index >= 15 is 0 Å². The molecular formula is C14H19NO3. The lowest BCUT2D eigenvalue weighted by atomic mass is 10.1. The molecule has 18 heavy (non-hydrogen) atoms. The highest BCUT2D eigenvalue weighted by atomic mass is 16.6. The van der Waals surface area contributed by atoms with E-state index in [-0.39, 0.29) is 18.7 Å². The standard InChI is InChI=1S/C14H19NO3/c1-11-2-4-12(5-3-11)10-15-13(6-8-16)7-9-18-14(15)17/h2-5,13,16H,6-10H2,1H3. The van der Waals surface area contributed by atoms with E-state index in [1.807, 2.05) is 31.2 Å². The fraction of sp³-hybridized carbons (Fsp3) is 0.500. The van der Waals surface area contributed by atoms with Crippen LogP contribution in [0.25, 0.3) is 0 Å². The van der Waals surface area contributed by atoms with Gasteiger partial charge < -0.3 is 14.7 Å². The number of carbonyl (C=O) groups excluding carboxylic acids is 1. The van der Waals surface area contributed by atoms with Crippen molar-refractivity contribution in [3.05, 3.63) is 35.4 Å². The van der Waals surface area contributed by atoms with Gasteiger partial charge in [-0.1, -0.05) is 29.8 Å². The van der Waals surface area contributed by atoms with Crippen molar-refractivity contribution in [1.82, 2.24) is 4.90 Å². The van der Waals surface area contributed by atoms with Crippen LogP contribution in [-0.4, -0.2) is 35.4 Å². The molecule has 1 fully saturated rings. The number of aryl methyl sites for hydroxylation is 1. The Morgan fingerprint density at radius 2 is 2.11 bits per heavy atom. The number of aliphatic hydroxyl groups is 1. The molecule has 1 heterocycles. The van der Waals surface area contributed by atoms with Crippen molar-refractivity contribution in [3.63, 3.8) is 0 Å². The normalized spacial score (nSPS) is 19.8. The van der Waals surface area contributed by atoms with Gasteiger partial charge in [-0.2, -0.15) is 0 Å². The van der Waals surface area contributed by atoms with Gasteiger partial charge in [-0.25, -0.2) is 4.79 Å². The Kier molecular flexibility index (Phi) is 4.20. The molecule has 0 spiro atoms. The van der Waals surface area contributed by atoms with Gasteiger partial charge in [0.15, 0.2) is 0 Å². The van der Waals surface area contributed by atoms with Crippen LogP contribution in [0.2, 0.25) is 0 Å². The van der Waals surface area contributed by atoms with Gasteiger partial charge in [0, 0.05) is 25.6 Å². The fourth-order valence-electron chi connectivity index (χ4n) is 2.20. The van der Waals surface area contributed by atoms with Gasteiger partial charge in [0.25, 0.3) is 0 Å². The molecule has 1 saturated heterocycles. The lowest BCUT2D eigenvalue weighted by Gasteiger charge is -2.34. The Morgan fingerprint density at radius 3 is 2.78 bits per heavy atom. The number of nitrogens with zero attached hydrogens (tertiary/aromatic N) is 1. The maximum atomic E-state index is 11.8. The van der Waals surface area contributed by atoms with E-state index in [2.05, 4.69) is 0 Å². The molecule has 1 aromatic carbocycles. The lowest BCUT2D eigenvalue weighted by molar-refractivity contribution is 0.0331. The van der Waals surface area contributed by atoms with E-state index < -0.39 is 0 Å². The Hall–Kier alpha value is -1.55. The predicted molar refractivity (Wildman–Crippen MR) is 68.2 cm³/mol. The third-order valence-corrected chi connectivity index (χ3v) is 3.29. The van der Waals surface area contributed by atoms with E-state index in [4.69, 9.17) is 9.84 Å². The largest absolute Gasteiger partial charge is 0.449 e. The van der Waals surface area contributed by atoms with Crippen LogP contribution < -0.4 is 0 Å². The zero-order valence-corrected chi connectivity index (χ0v) is 10.6. The molecular weight excluding hydrogens is 230 g/mol. The third kappa shape index (κ3) is 3.01. The van der Waals surface area contributed by atoms with Crippen molar-refractivity contribution < 1.29 is 14.6 Å². The summed E-state index contributed by atoms with van der Waals surface area (Å²) in [5, 5.41) is 9.05. The third-order valence-electron chi connectivity index (χ3n) is 3.29. The molecule has 4 heteroatoms. The zero-order chi connectivity index (χ0) is 13.0. The van der Waals surface area contributed by atoms with Gasteiger partial charge in [0.2, 0.25) is 0 Å². The van der Waals surface area contributed by atoms with Crippen molar-refractivity contribution in [1.29, 1.82) is 0 Å². The Bertz CT molecular complexity index is 400. The Balaban J connectivity index is 2.08. The van der Waals surface area contributed by atoms with E-state index in [9.17, 15) is 4.79 Å². The first-order valence-electron chi connectivity index (χ1n) is 6.30. The van der Waals surface area contributed by atoms with Crippen molar-refractivity contribution >= 4 is 6.09 Å². The SMILES string of the molecule is Cc1ccc(CN2C(=O)OCCC2CCO)cc1. The molecule has 1 atom stereocenters. The maximum absolute atomic E-state index is 11.8. The molecule has 0 bridgehead atoms. The van der Waals surface area contributed by atoms with Crippen LogP contribution >= 0.6 is 0 Å². The highest BCUT2D eigenvalue weighted by Gasteiger charge is 2.28. The number of rotatable bonds is 4. The molecule has 0 saturated carbocycles. The molecule has 0 aliphatic carbocycles. The van der Waals surface area contributed by atoms with Crippen molar-refractivity contribution in [2.24, 2.45) is 0 Å². The summed E-state index contributed by atoms with van der Waals surface area (Å²) in [5.74, 6) is 0. The predicted octanol–water partition coefficient (Wildman–Crippen LogP) is 2.09.